The second-order valence-corrected chi connectivity index (χ2v) is 6.29. The number of rotatable bonds is 3. The van der Waals surface area contributed by atoms with Gasteiger partial charge in [0.15, 0.2) is 0 Å². The third-order valence-corrected chi connectivity index (χ3v) is 3.83. The van der Waals surface area contributed by atoms with Crippen molar-refractivity contribution in [1.82, 2.24) is 5.32 Å². The normalized spacial score (nSPS) is 29.4. The van der Waals surface area contributed by atoms with Gasteiger partial charge in [0, 0.05) is 11.1 Å². The van der Waals surface area contributed by atoms with Crippen molar-refractivity contribution in [3.05, 3.63) is 35.1 Å². The van der Waals surface area contributed by atoms with Crippen LogP contribution >= 0.6 is 0 Å². The zero-order valence-corrected chi connectivity index (χ0v) is 12.7. The molecule has 112 valence electrons. The van der Waals surface area contributed by atoms with Crippen LogP contribution < -0.4 is 5.32 Å². The molecule has 20 heavy (non-hydrogen) atoms. The molecule has 1 aromatic rings. The Hall–Kier alpha value is -0.970. The van der Waals surface area contributed by atoms with E-state index in [2.05, 4.69) is 5.32 Å². The van der Waals surface area contributed by atoms with Gasteiger partial charge in [0.05, 0.1) is 12.6 Å². The molecule has 2 N–H and O–H groups in total. The lowest BCUT2D eigenvalue weighted by Gasteiger charge is -2.46. The topological polar surface area (TPSA) is 41.5 Å². The second kappa shape index (κ2) is 5.43. The van der Waals surface area contributed by atoms with Gasteiger partial charge >= 0.3 is 0 Å². The Kier molecular flexibility index (Phi) is 4.19. The molecule has 4 heteroatoms. The summed E-state index contributed by atoms with van der Waals surface area (Å²) in [5, 5.41) is 14.0. The van der Waals surface area contributed by atoms with Gasteiger partial charge in [0.25, 0.3) is 0 Å². The van der Waals surface area contributed by atoms with Gasteiger partial charge < -0.3 is 15.2 Å². The molecule has 0 aliphatic carbocycles. The molecule has 2 unspecified atom stereocenters. The SMILES string of the molecule is CCCc1ccc(C2(O)OCC(C)(C)NC2C)cc1F. The number of hydrogen-bond donors (Lipinski definition) is 2. The largest absolute Gasteiger partial charge is 0.361 e. The first-order chi connectivity index (χ1) is 9.28. The number of morpholine rings is 1. The highest BCUT2D eigenvalue weighted by molar-refractivity contribution is 5.29. The Balaban J connectivity index is 2.28. The minimum atomic E-state index is -1.49. The van der Waals surface area contributed by atoms with Crippen molar-refractivity contribution in [2.24, 2.45) is 0 Å². The molecule has 0 spiro atoms. The van der Waals surface area contributed by atoms with Crippen LogP contribution in [0, 0.1) is 5.82 Å². The first kappa shape index (κ1) is 15.4. The number of halogens is 1. The zero-order chi connectivity index (χ0) is 15.0. The number of aliphatic hydroxyl groups is 1. The van der Waals surface area contributed by atoms with Gasteiger partial charge in [-0.3, -0.25) is 0 Å². The van der Waals surface area contributed by atoms with Crippen LogP contribution in [0.5, 0.6) is 0 Å². The van der Waals surface area contributed by atoms with Gasteiger partial charge in [-0.15, -0.1) is 0 Å². The Morgan fingerprint density at radius 1 is 1.45 bits per heavy atom. The predicted molar refractivity (Wildman–Crippen MR) is 76.9 cm³/mol. The molecule has 0 aromatic heterocycles. The molecule has 3 nitrogen and oxygen atoms in total. The third-order valence-electron chi connectivity index (χ3n) is 3.83. The summed E-state index contributed by atoms with van der Waals surface area (Å²) in [6.45, 7) is 8.24. The van der Waals surface area contributed by atoms with E-state index < -0.39 is 5.79 Å². The summed E-state index contributed by atoms with van der Waals surface area (Å²) in [4.78, 5) is 0. The first-order valence-electron chi connectivity index (χ1n) is 7.21. The number of benzene rings is 1. The fourth-order valence-corrected chi connectivity index (χ4v) is 2.72. The van der Waals surface area contributed by atoms with E-state index in [1.54, 1.807) is 12.1 Å². The molecule has 2 rings (SSSR count). The van der Waals surface area contributed by atoms with E-state index in [0.717, 1.165) is 6.42 Å². The zero-order valence-electron chi connectivity index (χ0n) is 12.7. The maximum Gasteiger partial charge on any atom is 0.208 e. The van der Waals surface area contributed by atoms with Gasteiger partial charge in [0.1, 0.15) is 5.82 Å². The molecule has 1 aliphatic heterocycles. The summed E-state index contributed by atoms with van der Waals surface area (Å²) in [6, 6.07) is 4.57. The van der Waals surface area contributed by atoms with E-state index in [0.29, 0.717) is 24.2 Å². The fourth-order valence-electron chi connectivity index (χ4n) is 2.72. The molecule has 1 aromatic carbocycles. The van der Waals surface area contributed by atoms with E-state index in [4.69, 9.17) is 4.74 Å². The van der Waals surface area contributed by atoms with Crippen molar-refractivity contribution in [3.8, 4) is 0 Å². The summed E-state index contributed by atoms with van der Waals surface area (Å²) in [5.41, 5.74) is 0.939. The summed E-state index contributed by atoms with van der Waals surface area (Å²) in [7, 11) is 0. The van der Waals surface area contributed by atoms with Crippen LogP contribution in [0.25, 0.3) is 0 Å². The lowest BCUT2D eigenvalue weighted by Crippen LogP contribution is -2.63. The van der Waals surface area contributed by atoms with Crippen LogP contribution in [-0.4, -0.2) is 23.3 Å². The lowest BCUT2D eigenvalue weighted by atomic mass is 9.91. The van der Waals surface area contributed by atoms with Gasteiger partial charge in [-0.2, -0.15) is 0 Å². The minimum absolute atomic E-state index is 0.202. The van der Waals surface area contributed by atoms with Crippen LogP contribution in [0.15, 0.2) is 18.2 Å². The van der Waals surface area contributed by atoms with Crippen LogP contribution in [0.1, 0.15) is 45.2 Å². The number of nitrogens with one attached hydrogen (secondary N) is 1. The van der Waals surface area contributed by atoms with Crippen molar-refractivity contribution in [1.29, 1.82) is 0 Å². The van der Waals surface area contributed by atoms with E-state index in [-0.39, 0.29) is 17.4 Å². The smallest absolute Gasteiger partial charge is 0.208 e. The van der Waals surface area contributed by atoms with Crippen molar-refractivity contribution < 1.29 is 14.2 Å². The number of hydrogen-bond acceptors (Lipinski definition) is 3. The lowest BCUT2D eigenvalue weighted by molar-refractivity contribution is -0.263. The van der Waals surface area contributed by atoms with E-state index in [1.165, 1.54) is 6.07 Å². The summed E-state index contributed by atoms with van der Waals surface area (Å²) < 4.78 is 19.7. The predicted octanol–water partition coefficient (Wildman–Crippen LogP) is 2.71. The molecule has 2 atom stereocenters. The van der Waals surface area contributed by atoms with Gasteiger partial charge in [-0.05, 0) is 38.8 Å². The second-order valence-electron chi connectivity index (χ2n) is 6.29. The van der Waals surface area contributed by atoms with Gasteiger partial charge in [-0.1, -0.05) is 25.5 Å². The highest BCUT2D eigenvalue weighted by atomic mass is 19.1. The molecular weight excluding hydrogens is 257 g/mol. The molecule has 1 heterocycles. The maximum atomic E-state index is 14.1. The average molecular weight is 281 g/mol. The molecule has 0 bridgehead atoms. The van der Waals surface area contributed by atoms with E-state index >= 15 is 0 Å². The van der Waals surface area contributed by atoms with Gasteiger partial charge in [-0.25, -0.2) is 4.39 Å². The summed E-state index contributed by atoms with van der Waals surface area (Å²) in [5.74, 6) is -1.76. The van der Waals surface area contributed by atoms with Crippen LogP contribution in [-0.2, 0) is 16.9 Å². The highest BCUT2D eigenvalue weighted by Gasteiger charge is 2.45. The Labute approximate surface area is 120 Å². The van der Waals surface area contributed by atoms with Crippen LogP contribution in [0.3, 0.4) is 0 Å². The van der Waals surface area contributed by atoms with E-state index in [1.807, 2.05) is 27.7 Å². The van der Waals surface area contributed by atoms with Crippen LogP contribution in [0.4, 0.5) is 4.39 Å². The third kappa shape index (κ3) is 2.87. The molecule has 1 fully saturated rings. The van der Waals surface area contributed by atoms with Crippen LogP contribution in [0.2, 0.25) is 0 Å². The highest BCUT2D eigenvalue weighted by Crippen LogP contribution is 2.33. The van der Waals surface area contributed by atoms with Crippen molar-refractivity contribution in [2.45, 2.75) is 57.9 Å². The molecule has 1 saturated heterocycles. The summed E-state index contributed by atoms with van der Waals surface area (Å²) in [6.07, 6.45) is 1.59. The maximum absolute atomic E-state index is 14.1. The van der Waals surface area contributed by atoms with Crippen molar-refractivity contribution in [2.75, 3.05) is 6.61 Å². The standard InChI is InChI=1S/C16H24FNO2/c1-5-6-12-7-8-13(9-14(12)17)16(19)11(2)18-15(3,4)10-20-16/h7-9,11,18-19H,5-6,10H2,1-4H3. The Morgan fingerprint density at radius 2 is 2.15 bits per heavy atom. The number of ether oxygens (including phenoxy) is 1. The molecule has 0 saturated carbocycles. The van der Waals surface area contributed by atoms with Crippen molar-refractivity contribution >= 4 is 0 Å². The molecule has 0 amide bonds. The molecule has 1 aliphatic rings. The van der Waals surface area contributed by atoms with Crippen molar-refractivity contribution in [3.63, 3.8) is 0 Å². The monoisotopic (exact) mass is 281 g/mol. The van der Waals surface area contributed by atoms with E-state index in [9.17, 15) is 9.50 Å². The fraction of sp³-hybridized carbons (Fsp3) is 0.625. The minimum Gasteiger partial charge on any atom is -0.361 e. The average Bonchev–Trinajstić information content (AvgIpc) is 2.37. The summed E-state index contributed by atoms with van der Waals surface area (Å²) >= 11 is 0. The van der Waals surface area contributed by atoms with Gasteiger partial charge in [0.2, 0.25) is 5.79 Å². The molecular formula is C16H24FNO2. The first-order valence-corrected chi connectivity index (χ1v) is 7.21. The molecule has 0 radical (unpaired) electrons. The Bertz CT molecular complexity index is 489. The quantitative estimate of drug-likeness (QED) is 0.895. The Morgan fingerprint density at radius 3 is 2.70 bits per heavy atom. The number of aryl methyl sites for hydroxylation is 1.